The number of hydrogen-bond acceptors (Lipinski definition) is 2. The molecular weight excluding hydrogens is 200 g/mol. The molecule has 1 aromatic carbocycles. The van der Waals surface area contributed by atoms with Gasteiger partial charge in [0.15, 0.2) is 0 Å². The molecule has 0 aliphatic heterocycles. The van der Waals surface area contributed by atoms with Gasteiger partial charge in [0.2, 0.25) is 0 Å². The molecule has 2 heteroatoms. The first-order valence-corrected chi connectivity index (χ1v) is 5.32. The predicted octanol–water partition coefficient (Wildman–Crippen LogP) is 1.62. The Labute approximate surface area is 94.5 Å². The zero-order valence-corrected chi connectivity index (χ0v) is 9.18. The summed E-state index contributed by atoms with van der Waals surface area (Å²) in [5.74, 6) is -0.0171. The van der Waals surface area contributed by atoms with Crippen LogP contribution in [0, 0.1) is 0 Å². The Kier molecular flexibility index (Phi) is 3.10. The molecule has 2 nitrogen and oxygen atoms in total. The maximum Gasteiger partial charge on any atom is 0.284 e. The van der Waals surface area contributed by atoms with Crippen LogP contribution in [0.3, 0.4) is 0 Å². The molecule has 0 aromatic heterocycles. The molecule has 0 heterocycles. The third-order valence-electron chi connectivity index (χ3n) is 2.41. The van der Waals surface area contributed by atoms with Crippen LogP contribution in [0.4, 0.5) is 0 Å². The SMILES string of the molecule is CCOC(O)=c1ccc(=C2C=CC=C2)cc1. The lowest BCUT2D eigenvalue weighted by Gasteiger charge is -1.99. The minimum Gasteiger partial charge on any atom is -0.481 e. The van der Waals surface area contributed by atoms with Gasteiger partial charge in [0.05, 0.1) is 11.8 Å². The van der Waals surface area contributed by atoms with Gasteiger partial charge in [0.25, 0.3) is 5.95 Å². The van der Waals surface area contributed by atoms with E-state index in [1.807, 2.05) is 43.3 Å². The van der Waals surface area contributed by atoms with E-state index in [4.69, 9.17) is 4.74 Å². The van der Waals surface area contributed by atoms with Gasteiger partial charge in [-0.2, -0.15) is 0 Å². The van der Waals surface area contributed by atoms with Crippen molar-refractivity contribution in [2.45, 2.75) is 6.92 Å². The predicted molar refractivity (Wildman–Crippen MR) is 65.0 cm³/mol. The molecule has 1 aromatic rings. The van der Waals surface area contributed by atoms with Gasteiger partial charge in [0.1, 0.15) is 0 Å². The van der Waals surface area contributed by atoms with Gasteiger partial charge in [-0.15, -0.1) is 0 Å². The van der Waals surface area contributed by atoms with E-state index in [-0.39, 0.29) is 5.95 Å². The number of ether oxygens (including phenoxy) is 1. The molecule has 0 bridgehead atoms. The van der Waals surface area contributed by atoms with E-state index in [0.717, 1.165) is 5.22 Å². The van der Waals surface area contributed by atoms with Gasteiger partial charge in [-0.3, -0.25) is 0 Å². The van der Waals surface area contributed by atoms with Gasteiger partial charge < -0.3 is 9.84 Å². The molecule has 0 atom stereocenters. The average Bonchev–Trinajstić information content (AvgIpc) is 2.83. The van der Waals surface area contributed by atoms with E-state index in [1.165, 1.54) is 5.57 Å². The van der Waals surface area contributed by atoms with Crippen molar-refractivity contribution in [3.05, 3.63) is 59.0 Å². The molecule has 0 spiro atoms. The first kappa shape index (κ1) is 10.6. The lowest BCUT2D eigenvalue weighted by molar-refractivity contribution is 0.190. The summed E-state index contributed by atoms with van der Waals surface area (Å²) in [6.07, 6.45) is 8.13. The fraction of sp³-hybridized carbons (Fsp3) is 0.143. The first-order valence-electron chi connectivity index (χ1n) is 5.32. The van der Waals surface area contributed by atoms with Crippen molar-refractivity contribution in [1.82, 2.24) is 0 Å². The van der Waals surface area contributed by atoms with Gasteiger partial charge >= 0.3 is 0 Å². The highest BCUT2D eigenvalue weighted by molar-refractivity contribution is 5.71. The summed E-state index contributed by atoms with van der Waals surface area (Å²) in [4.78, 5) is 0. The van der Waals surface area contributed by atoms with Crippen LogP contribution in [0.2, 0.25) is 0 Å². The second kappa shape index (κ2) is 4.71. The maximum absolute atomic E-state index is 9.54. The second-order valence-electron chi connectivity index (χ2n) is 3.49. The zero-order valence-electron chi connectivity index (χ0n) is 9.18. The van der Waals surface area contributed by atoms with Crippen molar-refractivity contribution >= 4 is 11.5 Å². The Bertz CT molecular complexity index is 513. The smallest absolute Gasteiger partial charge is 0.284 e. The van der Waals surface area contributed by atoms with Crippen LogP contribution in [-0.2, 0) is 4.74 Å². The second-order valence-corrected chi connectivity index (χ2v) is 3.49. The Morgan fingerprint density at radius 3 is 2.31 bits per heavy atom. The van der Waals surface area contributed by atoms with E-state index >= 15 is 0 Å². The zero-order chi connectivity index (χ0) is 11.4. The summed E-state index contributed by atoms with van der Waals surface area (Å²) in [5.41, 5.74) is 1.18. The lowest BCUT2D eigenvalue weighted by Crippen LogP contribution is -2.13. The number of benzene rings is 1. The third kappa shape index (κ3) is 2.16. The minimum absolute atomic E-state index is 0.0171. The summed E-state index contributed by atoms with van der Waals surface area (Å²) in [6, 6.07) is 7.65. The van der Waals surface area contributed by atoms with Gasteiger partial charge in [-0.1, -0.05) is 36.4 Å². The van der Waals surface area contributed by atoms with E-state index in [0.29, 0.717) is 11.8 Å². The minimum atomic E-state index is -0.0171. The van der Waals surface area contributed by atoms with Crippen molar-refractivity contribution in [2.24, 2.45) is 0 Å². The first-order chi connectivity index (χ1) is 7.81. The molecule has 1 aliphatic rings. The maximum atomic E-state index is 9.54. The topological polar surface area (TPSA) is 29.5 Å². The van der Waals surface area contributed by atoms with Crippen LogP contribution in [0.1, 0.15) is 6.92 Å². The molecule has 0 fully saturated rings. The molecule has 0 saturated carbocycles. The summed E-state index contributed by atoms with van der Waals surface area (Å²) in [6.45, 7) is 2.31. The van der Waals surface area contributed by atoms with E-state index in [9.17, 15) is 5.11 Å². The van der Waals surface area contributed by atoms with E-state index in [2.05, 4.69) is 12.2 Å². The van der Waals surface area contributed by atoms with Crippen LogP contribution < -0.4 is 10.4 Å². The monoisotopic (exact) mass is 214 g/mol. The third-order valence-corrected chi connectivity index (χ3v) is 2.41. The van der Waals surface area contributed by atoms with Crippen LogP contribution in [-0.4, -0.2) is 11.7 Å². The van der Waals surface area contributed by atoms with Gasteiger partial charge in [-0.25, -0.2) is 0 Å². The highest BCUT2D eigenvalue weighted by Crippen LogP contribution is 2.05. The van der Waals surface area contributed by atoms with Crippen molar-refractivity contribution < 1.29 is 9.84 Å². The lowest BCUT2D eigenvalue weighted by atomic mass is 10.2. The Morgan fingerprint density at radius 2 is 1.75 bits per heavy atom. The fourth-order valence-corrected chi connectivity index (χ4v) is 1.59. The molecular formula is C14H14O2. The van der Waals surface area contributed by atoms with E-state index in [1.54, 1.807) is 0 Å². The van der Waals surface area contributed by atoms with Crippen LogP contribution >= 0.6 is 0 Å². The van der Waals surface area contributed by atoms with Crippen LogP contribution in [0.25, 0.3) is 11.5 Å². The highest BCUT2D eigenvalue weighted by atomic mass is 16.6. The summed E-state index contributed by atoms with van der Waals surface area (Å²) >= 11 is 0. The van der Waals surface area contributed by atoms with Crippen molar-refractivity contribution in [2.75, 3.05) is 6.61 Å². The normalized spacial score (nSPS) is 13.2. The summed E-state index contributed by atoms with van der Waals surface area (Å²) in [5, 5.41) is 11.4. The summed E-state index contributed by atoms with van der Waals surface area (Å²) < 4.78 is 5.03. The highest BCUT2D eigenvalue weighted by Gasteiger charge is 1.95. The van der Waals surface area contributed by atoms with E-state index < -0.39 is 0 Å². The number of aliphatic hydroxyl groups excluding tert-OH is 1. The van der Waals surface area contributed by atoms with Gasteiger partial charge in [-0.05, 0) is 29.8 Å². The molecule has 1 aliphatic carbocycles. The van der Waals surface area contributed by atoms with Crippen molar-refractivity contribution in [3.8, 4) is 0 Å². The van der Waals surface area contributed by atoms with Crippen LogP contribution in [0.15, 0.2) is 48.6 Å². The Balaban J connectivity index is 2.44. The molecule has 0 saturated heterocycles. The molecule has 16 heavy (non-hydrogen) atoms. The number of aliphatic hydroxyl groups is 1. The van der Waals surface area contributed by atoms with Crippen molar-refractivity contribution in [1.29, 1.82) is 0 Å². The average molecular weight is 214 g/mol. The molecule has 82 valence electrons. The number of allylic oxidation sites excluding steroid dienone is 4. The molecule has 0 unspecified atom stereocenters. The molecule has 0 amide bonds. The standard InChI is InChI=1S/C14H14O2/c1-2-16-14(15)13-9-7-12(8-10-13)11-5-3-4-6-11/h3-10,15H,2H2,1H3. The molecule has 0 radical (unpaired) electrons. The largest absolute Gasteiger partial charge is 0.481 e. The molecule has 2 rings (SSSR count). The quantitative estimate of drug-likeness (QED) is 0.810. The van der Waals surface area contributed by atoms with Crippen LogP contribution in [0.5, 0.6) is 0 Å². The Morgan fingerprint density at radius 1 is 1.12 bits per heavy atom. The summed E-state index contributed by atoms with van der Waals surface area (Å²) in [7, 11) is 0. The number of hydrogen-bond donors (Lipinski definition) is 1. The molecule has 1 N–H and O–H groups in total. The van der Waals surface area contributed by atoms with Gasteiger partial charge in [0, 0.05) is 0 Å². The van der Waals surface area contributed by atoms with Crippen molar-refractivity contribution in [3.63, 3.8) is 0 Å². The number of rotatable bonds is 2. The Hall–Kier alpha value is -1.96. The fourth-order valence-electron chi connectivity index (χ4n) is 1.59.